The summed E-state index contributed by atoms with van der Waals surface area (Å²) in [5.74, 6) is -1.20. The lowest BCUT2D eigenvalue weighted by Crippen LogP contribution is -2.03. The molecule has 2 aromatic carbocycles. The highest BCUT2D eigenvalue weighted by atomic mass is 32.2. The van der Waals surface area contributed by atoms with Gasteiger partial charge in [-0.1, -0.05) is 11.8 Å². The van der Waals surface area contributed by atoms with Crippen LogP contribution in [0.25, 0.3) is 22.6 Å². The van der Waals surface area contributed by atoms with Crippen molar-refractivity contribution in [2.24, 2.45) is 7.05 Å². The second kappa shape index (κ2) is 7.11. The minimum absolute atomic E-state index is 0.252. The summed E-state index contributed by atoms with van der Waals surface area (Å²) in [6, 6.07) is 14.1. The Bertz CT molecular complexity index is 1340. The fourth-order valence-corrected chi connectivity index (χ4v) is 4.61. The normalized spacial score (nSPS) is 12.8. The minimum atomic E-state index is -0.948. The zero-order chi connectivity index (χ0) is 20.8. The molecular formula is C23H16FN3O2S. The van der Waals surface area contributed by atoms with Crippen molar-refractivity contribution < 1.29 is 14.3 Å². The summed E-state index contributed by atoms with van der Waals surface area (Å²) >= 11 is 1.56. The molecule has 0 amide bonds. The monoisotopic (exact) mass is 417 g/mol. The molecule has 30 heavy (non-hydrogen) atoms. The molecule has 4 aromatic rings. The molecule has 0 saturated carbocycles. The Morgan fingerprint density at radius 1 is 1.13 bits per heavy atom. The van der Waals surface area contributed by atoms with Gasteiger partial charge in [0.2, 0.25) is 0 Å². The van der Waals surface area contributed by atoms with Crippen LogP contribution in [0.4, 0.5) is 4.39 Å². The molecule has 0 radical (unpaired) electrons. The van der Waals surface area contributed by atoms with Crippen LogP contribution in [0.1, 0.15) is 27.3 Å². The Hall–Kier alpha value is -3.45. The number of aryl methyl sites for hydroxylation is 1. The third kappa shape index (κ3) is 3.17. The Morgan fingerprint density at radius 3 is 2.67 bits per heavy atom. The average Bonchev–Trinajstić information content (AvgIpc) is 3.30. The Labute approximate surface area is 175 Å². The lowest BCUT2D eigenvalue weighted by atomic mass is 10.0. The quantitative estimate of drug-likeness (QED) is 0.503. The van der Waals surface area contributed by atoms with Crippen molar-refractivity contribution in [3.8, 4) is 0 Å². The molecule has 0 unspecified atom stereocenters. The van der Waals surface area contributed by atoms with Crippen molar-refractivity contribution in [2.75, 3.05) is 0 Å². The zero-order valence-corrected chi connectivity index (χ0v) is 16.8. The van der Waals surface area contributed by atoms with E-state index in [4.69, 9.17) is 5.10 Å². The number of fused-ring (bicyclic) bond motifs is 2. The van der Waals surface area contributed by atoms with Gasteiger partial charge in [0, 0.05) is 34.8 Å². The fourth-order valence-electron chi connectivity index (χ4n) is 3.75. The van der Waals surface area contributed by atoms with E-state index in [2.05, 4.69) is 11.1 Å². The molecule has 2 heterocycles. The van der Waals surface area contributed by atoms with Crippen LogP contribution in [-0.2, 0) is 13.5 Å². The van der Waals surface area contributed by atoms with Crippen molar-refractivity contribution in [3.63, 3.8) is 0 Å². The summed E-state index contributed by atoms with van der Waals surface area (Å²) < 4.78 is 15.0. The van der Waals surface area contributed by atoms with E-state index in [1.54, 1.807) is 23.9 Å². The lowest BCUT2D eigenvalue weighted by molar-refractivity contribution is 0.0695. The predicted molar refractivity (Wildman–Crippen MR) is 114 cm³/mol. The lowest BCUT2D eigenvalue weighted by Gasteiger charge is -2.04. The summed E-state index contributed by atoms with van der Waals surface area (Å²) in [7, 11) is 1.89. The molecule has 0 saturated heterocycles. The number of hydrogen-bond donors (Lipinski definition) is 1. The molecule has 1 aliphatic rings. The number of nitrogens with zero attached hydrogens (tertiary/aromatic N) is 3. The maximum absolute atomic E-state index is 13.1. The number of pyridine rings is 1. The van der Waals surface area contributed by atoms with Crippen molar-refractivity contribution in [1.29, 1.82) is 0 Å². The number of allylic oxidation sites excluding steroid dienone is 1. The van der Waals surface area contributed by atoms with E-state index >= 15 is 0 Å². The van der Waals surface area contributed by atoms with E-state index in [9.17, 15) is 14.3 Å². The standard InChI is InChI=1S/C23H16FN3O2S/c1-27-21-12-16(30-15-4-2-14(24)3-5-15)6-7-18(21)22(26-27)13-10-19-17(23(28)29)8-9-25-20(19)11-13/h2-9,11-12H,10H2,1H3,(H,28,29). The topological polar surface area (TPSA) is 68.0 Å². The van der Waals surface area contributed by atoms with E-state index in [-0.39, 0.29) is 11.4 Å². The molecule has 0 atom stereocenters. The van der Waals surface area contributed by atoms with Crippen molar-refractivity contribution >= 4 is 40.3 Å². The molecule has 5 nitrogen and oxygen atoms in total. The highest BCUT2D eigenvalue weighted by molar-refractivity contribution is 7.99. The Balaban J connectivity index is 1.50. The molecule has 1 aliphatic carbocycles. The van der Waals surface area contributed by atoms with Crippen LogP contribution in [-0.4, -0.2) is 25.8 Å². The van der Waals surface area contributed by atoms with Gasteiger partial charge in [0.05, 0.1) is 22.5 Å². The second-order valence-electron chi connectivity index (χ2n) is 7.08. The van der Waals surface area contributed by atoms with Crippen LogP contribution >= 0.6 is 11.8 Å². The van der Waals surface area contributed by atoms with Gasteiger partial charge in [0.1, 0.15) is 5.82 Å². The molecule has 0 fully saturated rings. The minimum Gasteiger partial charge on any atom is -0.478 e. The van der Waals surface area contributed by atoms with Crippen molar-refractivity contribution in [1.82, 2.24) is 14.8 Å². The van der Waals surface area contributed by atoms with Crippen molar-refractivity contribution in [2.45, 2.75) is 16.2 Å². The van der Waals surface area contributed by atoms with Crippen molar-refractivity contribution in [3.05, 3.63) is 83.1 Å². The first kappa shape index (κ1) is 18.6. The van der Waals surface area contributed by atoms with E-state index in [0.29, 0.717) is 12.1 Å². The first-order valence-electron chi connectivity index (χ1n) is 9.32. The molecule has 0 spiro atoms. The van der Waals surface area contributed by atoms with Crippen LogP contribution in [0, 0.1) is 5.82 Å². The van der Waals surface area contributed by atoms with E-state index in [1.165, 1.54) is 24.4 Å². The highest BCUT2D eigenvalue weighted by Crippen LogP contribution is 2.37. The van der Waals surface area contributed by atoms with E-state index in [1.807, 2.05) is 29.9 Å². The third-order valence-electron chi connectivity index (χ3n) is 5.17. The highest BCUT2D eigenvalue weighted by Gasteiger charge is 2.24. The number of carboxylic acid groups (broad SMARTS) is 1. The average molecular weight is 417 g/mol. The Kier molecular flexibility index (Phi) is 4.40. The van der Waals surface area contributed by atoms with Gasteiger partial charge in [0.25, 0.3) is 0 Å². The van der Waals surface area contributed by atoms with Crippen LogP contribution in [0.2, 0.25) is 0 Å². The number of carboxylic acids is 1. The summed E-state index contributed by atoms with van der Waals surface area (Å²) in [6.07, 6.45) is 3.94. The maximum Gasteiger partial charge on any atom is 0.336 e. The molecule has 2 aromatic heterocycles. The summed E-state index contributed by atoms with van der Waals surface area (Å²) in [5.41, 5.74) is 4.45. The van der Waals surface area contributed by atoms with Gasteiger partial charge in [-0.3, -0.25) is 9.67 Å². The number of aromatic carboxylic acids is 1. The first-order valence-corrected chi connectivity index (χ1v) is 10.1. The number of halogens is 1. The van der Waals surface area contributed by atoms with Gasteiger partial charge in [-0.15, -0.1) is 0 Å². The number of rotatable bonds is 4. The maximum atomic E-state index is 13.1. The summed E-state index contributed by atoms with van der Waals surface area (Å²) in [6.45, 7) is 0. The van der Waals surface area contributed by atoms with E-state index < -0.39 is 5.97 Å². The molecule has 0 aliphatic heterocycles. The molecule has 148 valence electrons. The smallest absolute Gasteiger partial charge is 0.336 e. The molecular weight excluding hydrogens is 401 g/mol. The van der Waals surface area contributed by atoms with Crippen LogP contribution < -0.4 is 0 Å². The second-order valence-corrected chi connectivity index (χ2v) is 8.23. The molecule has 0 bridgehead atoms. The van der Waals surface area contributed by atoms with Crippen LogP contribution in [0.5, 0.6) is 0 Å². The third-order valence-corrected chi connectivity index (χ3v) is 6.17. The Morgan fingerprint density at radius 2 is 1.90 bits per heavy atom. The summed E-state index contributed by atoms with van der Waals surface area (Å²) in [4.78, 5) is 17.8. The van der Waals surface area contributed by atoms with Crippen LogP contribution in [0.15, 0.2) is 64.5 Å². The van der Waals surface area contributed by atoms with Gasteiger partial charge in [-0.05, 0) is 65.7 Å². The largest absolute Gasteiger partial charge is 0.478 e. The first-order chi connectivity index (χ1) is 14.5. The summed E-state index contributed by atoms with van der Waals surface area (Å²) in [5, 5.41) is 15.2. The van der Waals surface area contributed by atoms with Gasteiger partial charge < -0.3 is 5.11 Å². The fraction of sp³-hybridized carbons (Fsp3) is 0.0870. The number of carbonyl (C=O) groups is 1. The van der Waals surface area contributed by atoms with Gasteiger partial charge >= 0.3 is 5.97 Å². The van der Waals surface area contributed by atoms with Gasteiger partial charge in [-0.25, -0.2) is 9.18 Å². The molecule has 1 N–H and O–H groups in total. The number of aromatic nitrogens is 3. The number of hydrogen-bond acceptors (Lipinski definition) is 4. The molecule has 7 heteroatoms. The van der Waals surface area contributed by atoms with Crippen LogP contribution in [0.3, 0.4) is 0 Å². The SMILES string of the molecule is Cn1nc(C2=Cc3nccc(C(=O)O)c3C2)c2ccc(Sc3ccc(F)cc3)cc21. The predicted octanol–water partition coefficient (Wildman–Crippen LogP) is 5.05. The zero-order valence-electron chi connectivity index (χ0n) is 16.0. The van der Waals surface area contributed by atoms with Gasteiger partial charge in [0.15, 0.2) is 0 Å². The molecule has 5 rings (SSSR count). The van der Waals surface area contributed by atoms with Gasteiger partial charge in [-0.2, -0.15) is 5.10 Å². The number of benzene rings is 2. The van der Waals surface area contributed by atoms with E-state index in [0.717, 1.165) is 37.5 Å².